The van der Waals surface area contributed by atoms with E-state index in [2.05, 4.69) is 27.7 Å². The van der Waals surface area contributed by atoms with Crippen LogP contribution in [0.15, 0.2) is 0 Å². The number of rotatable bonds is 1. The fraction of sp³-hybridized carbons (Fsp3) is 0.933. The first-order chi connectivity index (χ1) is 8.80. The first-order valence-corrected chi connectivity index (χ1v) is 7.50. The van der Waals surface area contributed by atoms with Crippen LogP contribution in [-0.2, 0) is 9.53 Å². The van der Waals surface area contributed by atoms with Crippen molar-refractivity contribution in [3.05, 3.63) is 0 Å². The monoisotopic (exact) mass is 266 g/mol. The summed E-state index contributed by atoms with van der Waals surface area (Å²) in [5.74, 6) is 1.51. The lowest BCUT2D eigenvalue weighted by atomic mass is 9.47. The third kappa shape index (κ3) is 1.50. The quantitative estimate of drug-likeness (QED) is 0.777. The highest BCUT2D eigenvalue weighted by molar-refractivity contribution is 5.90. The number of fused-ring (bicyclic) bond motifs is 1. The predicted octanol–water partition coefficient (Wildman–Crippen LogP) is 1.24. The second-order valence-corrected chi connectivity index (χ2v) is 7.44. The Morgan fingerprint density at radius 2 is 1.84 bits per heavy atom. The van der Waals surface area contributed by atoms with E-state index in [-0.39, 0.29) is 23.3 Å². The lowest BCUT2D eigenvalue weighted by Gasteiger charge is -2.61. The lowest BCUT2D eigenvalue weighted by Crippen LogP contribution is -2.80. The van der Waals surface area contributed by atoms with E-state index >= 15 is 0 Å². The molecule has 1 saturated carbocycles. The molecule has 5 atom stereocenters. The molecule has 108 valence electrons. The molecule has 0 aromatic carbocycles. The molecule has 1 amide bonds. The Labute approximate surface area is 115 Å². The zero-order chi connectivity index (χ0) is 14.0. The number of nitrogens with zero attached hydrogens (tertiary/aromatic N) is 1. The fourth-order valence-electron chi connectivity index (χ4n) is 4.38. The molecule has 2 saturated heterocycles. The van der Waals surface area contributed by atoms with Crippen LogP contribution in [0.2, 0.25) is 0 Å². The molecular formula is C15H26N2O2. The maximum absolute atomic E-state index is 12.9. The molecular weight excluding hydrogens is 240 g/mol. The molecule has 4 heteroatoms. The SMILES string of the molecule is CC1CN(C(=O)C2(N)C3CCOC3C2(C)C)CC1C. The number of likely N-dealkylation sites (tertiary alicyclic amines) is 1. The Morgan fingerprint density at radius 3 is 2.42 bits per heavy atom. The summed E-state index contributed by atoms with van der Waals surface area (Å²) in [6.45, 7) is 11.1. The van der Waals surface area contributed by atoms with Crippen molar-refractivity contribution in [3.8, 4) is 0 Å². The van der Waals surface area contributed by atoms with E-state index in [1.54, 1.807) is 0 Å². The van der Waals surface area contributed by atoms with E-state index in [1.165, 1.54) is 0 Å². The number of carbonyl (C=O) groups is 1. The van der Waals surface area contributed by atoms with Crippen LogP contribution in [0.25, 0.3) is 0 Å². The van der Waals surface area contributed by atoms with Gasteiger partial charge in [0, 0.05) is 31.0 Å². The van der Waals surface area contributed by atoms with Gasteiger partial charge >= 0.3 is 0 Å². The maximum atomic E-state index is 12.9. The van der Waals surface area contributed by atoms with Crippen molar-refractivity contribution >= 4 is 5.91 Å². The summed E-state index contributed by atoms with van der Waals surface area (Å²) < 4.78 is 5.77. The van der Waals surface area contributed by atoms with E-state index in [9.17, 15) is 4.79 Å². The summed E-state index contributed by atoms with van der Waals surface area (Å²) in [7, 11) is 0. The zero-order valence-electron chi connectivity index (χ0n) is 12.5. The average molecular weight is 266 g/mol. The molecule has 19 heavy (non-hydrogen) atoms. The molecule has 0 aromatic rings. The molecule has 0 bridgehead atoms. The number of carbonyl (C=O) groups excluding carboxylic acids is 1. The Bertz CT molecular complexity index is 399. The molecule has 4 nitrogen and oxygen atoms in total. The Balaban J connectivity index is 1.83. The molecule has 2 aliphatic heterocycles. The van der Waals surface area contributed by atoms with Crippen molar-refractivity contribution in [2.75, 3.05) is 19.7 Å². The fourth-order valence-corrected chi connectivity index (χ4v) is 4.38. The third-order valence-corrected chi connectivity index (χ3v) is 6.08. The van der Waals surface area contributed by atoms with Crippen LogP contribution in [0, 0.1) is 23.2 Å². The van der Waals surface area contributed by atoms with Crippen LogP contribution in [0.1, 0.15) is 34.1 Å². The summed E-state index contributed by atoms with van der Waals surface area (Å²) in [4.78, 5) is 14.9. The van der Waals surface area contributed by atoms with Gasteiger partial charge in [-0.25, -0.2) is 0 Å². The molecule has 1 aliphatic carbocycles. The Kier molecular flexibility index (Phi) is 2.78. The van der Waals surface area contributed by atoms with Gasteiger partial charge in [-0.15, -0.1) is 0 Å². The summed E-state index contributed by atoms with van der Waals surface area (Å²) in [5, 5.41) is 0. The van der Waals surface area contributed by atoms with Crippen molar-refractivity contribution < 1.29 is 9.53 Å². The first kappa shape index (κ1) is 13.4. The smallest absolute Gasteiger partial charge is 0.243 e. The topological polar surface area (TPSA) is 55.6 Å². The highest BCUT2D eigenvalue weighted by atomic mass is 16.5. The second kappa shape index (κ2) is 3.95. The lowest BCUT2D eigenvalue weighted by molar-refractivity contribution is -0.183. The summed E-state index contributed by atoms with van der Waals surface area (Å²) in [6, 6.07) is 0. The van der Waals surface area contributed by atoms with Gasteiger partial charge in [0.05, 0.1) is 6.10 Å². The average Bonchev–Trinajstić information content (AvgIpc) is 2.94. The van der Waals surface area contributed by atoms with Crippen LogP contribution < -0.4 is 5.73 Å². The normalized spacial score (nSPS) is 47.9. The van der Waals surface area contributed by atoms with Crippen molar-refractivity contribution in [1.82, 2.24) is 4.90 Å². The minimum absolute atomic E-state index is 0.153. The summed E-state index contributed by atoms with van der Waals surface area (Å²) >= 11 is 0. The minimum atomic E-state index is -0.724. The molecule has 2 heterocycles. The molecule has 3 aliphatic rings. The number of ether oxygens (including phenoxy) is 1. The Hall–Kier alpha value is -0.610. The molecule has 3 fully saturated rings. The van der Waals surface area contributed by atoms with Gasteiger partial charge in [0.15, 0.2) is 0 Å². The van der Waals surface area contributed by atoms with E-state index in [1.807, 2.05) is 4.90 Å². The van der Waals surface area contributed by atoms with Gasteiger partial charge in [0.2, 0.25) is 5.91 Å². The predicted molar refractivity (Wildman–Crippen MR) is 73.5 cm³/mol. The van der Waals surface area contributed by atoms with Crippen LogP contribution in [-0.4, -0.2) is 42.1 Å². The number of hydrogen-bond donors (Lipinski definition) is 1. The minimum Gasteiger partial charge on any atom is -0.377 e. The Morgan fingerprint density at radius 1 is 1.26 bits per heavy atom. The number of amides is 1. The summed E-state index contributed by atoms with van der Waals surface area (Å²) in [6.07, 6.45) is 1.09. The van der Waals surface area contributed by atoms with Gasteiger partial charge in [-0.3, -0.25) is 4.79 Å². The van der Waals surface area contributed by atoms with E-state index < -0.39 is 5.54 Å². The van der Waals surface area contributed by atoms with Crippen molar-refractivity contribution in [1.29, 1.82) is 0 Å². The van der Waals surface area contributed by atoms with Crippen molar-refractivity contribution in [2.45, 2.75) is 45.8 Å². The molecule has 0 radical (unpaired) electrons. The third-order valence-electron chi connectivity index (χ3n) is 6.08. The van der Waals surface area contributed by atoms with E-state index in [4.69, 9.17) is 10.5 Å². The van der Waals surface area contributed by atoms with Gasteiger partial charge in [0.25, 0.3) is 0 Å². The van der Waals surface area contributed by atoms with E-state index in [0.717, 1.165) is 26.1 Å². The second-order valence-electron chi connectivity index (χ2n) is 7.44. The van der Waals surface area contributed by atoms with Crippen LogP contribution in [0.3, 0.4) is 0 Å². The first-order valence-electron chi connectivity index (χ1n) is 7.50. The standard InChI is InChI=1S/C15H26N2O2/c1-9-7-17(8-10(9)2)13(18)15(16)11-5-6-19-12(11)14(15,3)4/h9-12H,5-8,16H2,1-4H3. The molecule has 0 spiro atoms. The summed E-state index contributed by atoms with van der Waals surface area (Å²) in [5.41, 5.74) is 5.63. The number of nitrogens with two attached hydrogens (primary N) is 1. The van der Waals surface area contributed by atoms with Gasteiger partial charge in [-0.2, -0.15) is 0 Å². The van der Waals surface area contributed by atoms with Gasteiger partial charge in [-0.1, -0.05) is 27.7 Å². The van der Waals surface area contributed by atoms with Gasteiger partial charge in [0.1, 0.15) is 5.54 Å². The molecule has 2 N–H and O–H groups in total. The van der Waals surface area contributed by atoms with Crippen LogP contribution >= 0.6 is 0 Å². The largest absolute Gasteiger partial charge is 0.377 e. The highest BCUT2D eigenvalue weighted by Gasteiger charge is 2.72. The van der Waals surface area contributed by atoms with Crippen molar-refractivity contribution in [3.63, 3.8) is 0 Å². The maximum Gasteiger partial charge on any atom is 0.243 e. The molecule has 3 rings (SSSR count). The zero-order valence-corrected chi connectivity index (χ0v) is 12.5. The van der Waals surface area contributed by atoms with Gasteiger partial charge in [-0.05, 0) is 18.3 Å². The molecule has 0 aromatic heterocycles. The number of hydrogen-bond acceptors (Lipinski definition) is 3. The molecule has 5 unspecified atom stereocenters. The highest BCUT2D eigenvalue weighted by Crippen LogP contribution is 2.58. The van der Waals surface area contributed by atoms with Gasteiger partial charge < -0.3 is 15.4 Å². The van der Waals surface area contributed by atoms with Crippen molar-refractivity contribution in [2.24, 2.45) is 28.9 Å². The van der Waals surface area contributed by atoms with E-state index in [0.29, 0.717) is 11.8 Å². The van der Waals surface area contributed by atoms with Crippen LogP contribution in [0.5, 0.6) is 0 Å². The van der Waals surface area contributed by atoms with Crippen LogP contribution in [0.4, 0.5) is 0 Å².